The summed E-state index contributed by atoms with van der Waals surface area (Å²) in [7, 11) is -4.19. The Balaban J connectivity index is 2.87. The minimum absolute atomic E-state index is 0.0237. The number of ether oxygens (including phenoxy) is 1. The molecule has 0 heterocycles. The molecular formula is C11H14BrFN2O4S. The number of halogens is 2. The fourth-order valence-corrected chi connectivity index (χ4v) is 2.56. The number of anilines is 1. The lowest BCUT2D eigenvalue weighted by Gasteiger charge is -2.13. The molecule has 2 N–H and O–H groups in total. The summed E-state index contributed by atoms with van der Waals surface area (Å²) in [6.07, 6.45) is -1.57. The maximum atomic E-state index is 13.4. The lowest BCUT2D eigenvalue weighted by molar-refractivity contribution is 0.121. The molecule has 0 aliphatic rings. The zero-order chi connectivity index (χ0) is 15.5. The quantitative estimate of drug-likeness (QED) is 0.855. The van der Waals surface area contributed by atoms with Crippen molar-refractivity contribution in [2.45, 2.75) is 26.9 Å². The van der Waals surface area contributed by atoms with E-state index >= 15 is 0 Å². The molecule has 0 fully saturated rings. The van der Waals surface area contributed by atoms with Gasteiger partial charge >= 0.3 is 16.3 Å². The van der Waals surface area contributed by atoms with E-state index in [1.165, 1.54) is 6.07 Å². The molecule has 1 aromatic carbocycles. The Hall–Kier alpha value is -1.35. The summed E-state index contributed by atoms with van der Waals surface area (Å²) in [5.74, 6) is -0.627. The van der Waals surface area contributed by atoms with Crippen LogP contribution in [0.5, 0.6) is 0 Å². The predicted molar refractivity (Wildman–Crippen MR) is 76.1 cm³/mol. The first-order valence-electron chi connectivity index (χ1n) is 5.57. The summed E-state index contributed by atoms with van der Waals surface area (Å²) in [5.41, 5.74) is 0.511. The highest BCUT2D eigenvalue weighted by Gasteiger charge is 2.18. The van der Waals surface area contributed by atoms with Crippen LogP contribution in [0, 0.1) is 12.7 Å². The molecule has 0 atom stereocenters. The zero-order valence-corrected chi connectivity index (χ0v) is 13.4. The average molecular weight is 369 g/mol. The van der Waals surface area contributed by atoms with Crippen molar-refractivity contribution in [3.8, 4) is 0 Å². The normalized spacial score (nSPS) is 11.3. The molecule has 112 valence electrons. The van der Waals surface area contributed by atoms with Crippen LogP contribution < -0.4 is 9.44 Å². The van der Waals surface area contributed by atoms with Gasteiger partial charge in [0.1, 0.15) is 5.82 Å². The molecule has 1 aromatic rings. The molecule has 0 aromatic heterocycles. The molecule has 0 spiro atoms. The van der Waals surface area contributed by atoms with Crippen LogP contribution in [-0.2, 0) is 14.9 Å². The summed E-state index contributed by atoms with van der Waals surface area (Å²) < 4.78 is 45.3. The Morgan fingerprint density at radius 2 is 2.00 bits per heavy atom. The van der Waals surface area contributed by atoms with E-state index < -0.39 is 28.2 Å². The van der Waals surface area contributed by atoms with E-state index in [2.05, 4.69) is 25.4 Å². The Morgan fingerprint density at radius 3 is 2.55 bits per heavy atom. The van der Waals surface area contributed by atoms with Crippen LogP contribution in [0.4, 0.5) is 14.9 Å². The SMILES string of the molecule is Cc1cc(Br)c(F)cc1NS(=O)(=O)NC(=O)OC(C)C. The van der Waals surface area contributed by atoms with Gasteiger partial charge in [0.25, 0.3) is 0 Å². The maximum Gasteiger partial charge on any atom is 0.422 e. The van der Waals surface area contributed by atoms with Crippen LogP contribution >= 0.6 is 15.9 Å². The van der Waals surface area contributed by atoms with E-state index in [-0.39, 0.29) is 10.2 Å². The van der Waals surface area contributed by atoms with E-state index in [0.717, 1.165) is 6.07 Å². The van der Waals surface area contributed by atoms with Gasteiger partial charge in [-0.3, -0.25) is 4.72 Å². The largest absolute Gasteiger partial charge is 0.446 e. The monoisotopic (exact) mass is 368 g/mol. The number of carbonyl (C=O) groups is 1. The molecule has 1 amide bonds. The zero-order valence-electron chi connectivity index (χ0n) is 11.0. The van der Waals surface area contributed by atoms with E-state index in [9.17, 15) is 17.6 Å². The maximum absolute atomic E-state index is 13.4. The second-order valence-electron chi connectivity index (χ2n) is 4.24. The fraction of sp³-hybridized carbons (Fsp3) is 0.364. The van der Waals surface area contributed by atoms with Crippen molar-refractivity contribution in [1.82, 2.24) is 4.72 Å². The number of carbonyl (C=O) groups excluding carboxylic acids is 1. The van der Waals surface area contributed by atoms with Gasteiger partial charge in [-0.05, 0) is 54.4 Å². The minimum Gasteiger partial charge on any atom is -0.446 e. The van der Waals surface area contributed by atoms with Crippen molar-refractivity contribution in [1.29, 1.82) is 0 Å². The molecule has 0 aliphatic heterocycles. The number of hydrogen-bond acceptors (Lipinski definition) is 4. The Bertz CT molecular complexity index is 619. The van der Waals surface area contributed by atoms with Gasteiger partial charge in [0.2, 0.25) is 0 Å². The number of hydrogen-bond donors (Lipinski definition) is 2. The van der Waals surface area contributed by atoms with E-state index in [1.54, 1.807) is 25.5 Å². The van der Waals surface area contributed by atoms with Crippen molar-refractivity contribution in [3.05, 3.63) is 28.0 Å². The van der Waals surface area contributed by atoms with Gasteiger partial charge in [-0.15, -0.1) is 0 Å². The van der Waals surface area contributed by atoms with Gasteiger partial charge in [-0.1, -0.05) is 0 Å². The third kappa shape index (κ3) is 4.97. The first-order chi connectivity index (χ1) is 9.10. The molecule has 0 unspecified atom stereocenters. The van der Waals surface area contributed by atoms with Crippen LogP contribution in [-0.4, -0.2) is 20.6 Å². The van der Waals surface area contributed by atoms with E-state index in [4.69, 9.17) is 0 Å². The number of aryl methyl sites for hydroxylation is 1. The van der Waals surface area contributed by atoms with Gasteiger partial charge in [0.05, 0.1) is 16.3 Å². The van der Waals surface area contributed by atoms with Gasteiger partial charge in [0, 0.05) is 0 Å². The molecule has 0 aliphatic carbocycles. The lowest BCUT2D eigenvalue weighted by Crippen LogP contribution is -2.37. The second kappa shape index (κ2) is 6.40. The van der Waals surface area contributed by atoms with Crippen LogP contribution in [0.3, 0.4) is 0 Å². The topological polar surface area (TPSA) is 84.5 Å². The van der Waals surface area contributed by atoms with Crippen molar-refractivity contribution < 1.29 is 22.3 Å². The van der Waals surface area contributed by atoms with Gasteiger partial charge in [0.15, 0.2) is 0 Å². The highest BCUT2D eigenvalue weighted by Crippen LogP contribution is 2.24. The Kier molecular flexibility index (Phi) is 5.35. The van der Waals surface area contributed by atoms with Gasteiger partial charge in [-0.2, -0.15) is 8.42 Å². The minimum atomic E-state index is -4.19. The van der Waals surface area contributed by atoms with Crippen molar-refractivity contribution >= 4 is 37.9 Å². The van der Waals surface area contributed by atoms with Crippen LogP contribution in [0.1, 0.15) is 19.4 Å². The van der Waals surface area contributed by atoms with Crippen LogP contribution in [0.25, 0.3) is 0 Å². The van der Waals surface area contributed by atoms with Crippen LogP contribution in [0.2, 0.25) is 0 Å². The van der Waals surface area contributed by atoms with Crippen molar-refractivity contribution in [2.24, 2.45) is 0 Å². The molecule has 0 bridgehead atoms. The summed E-state index contributed by atoms with van der Waals surface area (Å²) in [6.45, 7) is 4.75. The first kappa shape index (κ1) is 16.7. The molecule has 1 rings (SSSR count). The third-order valence-corrected chi connectivity index (χ3v) is 3.60. The fourth-order valence-electron chi connectivity index (χ4n) is 1.27. The van der Waals surface area contributed by atoms with Crippen LogP contribution in [0.15, 0.2) is 16.6 Å². The Morgan fingerprint density at radius 1 is 1.40 bits per heavy atom. The van der Waals surface area contributed by atoms with E-state index in [1.807, 2.05) is 0 Å². The number of amides is 1. The summed E-state index contributed by atoms with van der Waals surface area (Å²) >= 11 is 2.99. The smallest absolute Gasteiger partial charge is 0.422 e. The molecular weight excluding hydrogens is 355 g/mol. The predicted octanol–water partition coefficient (Wildman–Crippen LogP) is 2.69. The van der Waals surface area contributed by atoms with E-state index in [0.29, 0.717) is 5.56 Å². The highest BCUT2D eigenvalue weighted by molar-refractivity contribution is 9.10. The third-order valence-electron chi connectivity index (χ3n) is 2.07. The summed E-state index contributed by atoms with van der Waals surface area (Å²) in [6, 6.07) is 2.42. The second-order valence-corrected chi connectivity index (χ2v) is 6.51. The lowest BCUT2D eigenvalue weighted by atomic mass is 10.2. The Labute approximate surface area is 125 Å². The van der Waals surface area contributed by atoms with Crippen molar-refractivity contribution in [2.75, 3.05) is 4.72 Å². The van der Waals surface area contributed by atoms with Gasteiger partial charge in [-0.25, -0.2) is 13.9 Å². The first-order valence-corrected chi connectivity index (χ1v) is 7.85. The van der Waals surface area contributed by atoms with Gasteiger partial charge < -0.3 is 4.74 Å². The molecule has 0 saturated carbocycles. The molecule has 20 heavy (non-hydrogen) atoms. The number of rotatable bonds is 4. The number of benzene rings is 1. The average Bonchev–Trinajstić information content (AvgIpc) is 2.23. The molecule has 0 saturated heterocycles. The molecule has 0 radical (unpaired) electrons. The number of nitrogens with one attached hydrogen (secondary N) is 2. The van der Waals surface area contributed by atoms with Crippen molar-refractivity contribution in [3.63, 3.8) is 0 Å². The molecule has 6 nitrogen and oxygen atoms in total. The summed E-state index contributed by atoms with van der Waals surface area (Å²) in [4.78, 5) is 11.2. The summed E-state index contributed by atoms with van der Waals surface area (Å²) in [5, 5.41) is 0. The molecule has 9 heteroatoms. The highest BCUT2D eigenvalue weighted by atomic mass is 79.9. The standard InChI is InChI=1S/C11H14BrFN2O4S/c1-6(2)19-11(16)15-20(17,18)14-10-5-9(13)8(12)4-7(10)3/h4-6,14H,1-3H3,(H,15,16).